The van der Waals surface area contributed by atoms with Crippen molar-refractivity contribution in [2.75, 3.05) is 7.11 Å². The molecule has 0 aliphatic carbocycles. The molecule has 3 rings (SSSR count). The van der Waals surface area contributed by atoms with Crippen LogP contribution >= 0.6 is 0 Å². The van der Waals surface area contributed by atoms with E-state index in [0.717, 1.165) is 28.4 Å². The third-order valence-electron chi connectivity index (χ3n) is 3.35. The van der Waals surface area contributed by atoms with Gasteiger partial charge in [-0.2, -0.15) is 0 Å². The minimum Gasteiger partial charge on any atom is -0.508 e. The Morgan fingerprint density at radius 3 is 2.39 bits per heavy atom. The topological polar surface area (TPSA) is 54.7 Å². The van der Waals surface area contributed by atoms with E-state index in [1.165, 1.54) is 0 Å². The van der Waals surface area contributed by atoms with Gasteiger partial charge in [-0.25, -0.2) is 4.98 Å². The molecule has 4 heteroatoms. The second-order valence-corrected chi connectivity index (χ2v) is 4.95. The lowest BCUT2D eigenvalue weighted by atomic mass is 10.1. The number of nitrogens with zero attached hydrogens (tertiary/aromatic N) is 2. The number of benzene rings is 2. The van der Waals surface area contributed by atoms with E-state index >= 15 is 0 Å². The van der Waals surface area contributed by atoms with Gasteiger partial charge in [0.15, 0.2) is 0 Å². The number of methoxy groups -OCH3 is 1. The van der Waals surface area contributed by atoms with Gasteiger partial charge in [-0.1, -0.05) is 6.07 Å². The molecule has 4 nitrogen and oxygen atoms in total. The summed E-state index contributed by atoms with van der Waals surface area (Å²) in [5.41, 5.74) is 3.43. The fraction of sp³-hybridized carbons (Fsp3) is 0.0526. The van der Waals surface area contributed by atoms with Gasteiger partial charge in [-0.15, -0.1) is 0 Å². The number of aromatic nitrogens is 1. The van der Waals surface area contributed by atoms with Gasteiger partial charge < -0.3 is 9.84 Å². The lowest BCUT2D eigenvalue weighted by Crippen LogP contribution is -1.90. The van der Waals surface area contributed by atoms with Crippen LogP contribution in [0.1, 0.15) is 5.69 Å². The molecule has 0 spiro atoms. The molecule has 0 bridgehead atoms. The standard InChI is InChI=1S/C19H16N2O2/c1-23-18-11-5-14(6-12-18)19-4-2-3-16(21-19)13-20-15-7-9-17(22)10-8-15/h2-13,22H,1H3. The summed E-state index contributed by atoms with van der Waals surface area (Å²) in [6.45, 7) is 0. The van der Waals surface area contributed by atoms with Crippen LogP contribution in [0, 0.1) is 0 Å². The molecule has 1 N–H and O–H groups in total. The van der Waals surface area contributed by atoms with E-state index in [-0.39, 0.29) is 5.75 Å². The van der Waals surface area contributed by atoms with E-state index in [2.05, 4.69) is 9.98 Å². The summed E-state index contributed by atoms with van der Waals surface area (Å²) < 4.78 is 5.17. The second-order valence-electron chi connectivity index (χ2n) is 4.95. The van der Waals surface area contributed by atoms with Gasteiger partial charge in [0, 0.05) is 5.56 Å². The van der Waals surface area contributed by atoms with Crippen LogP contribution in [0.25, 0.3) is 11.3 Å². The van der Waals surface area contributed by atoms with Crippen molar-refractivity contribution in [3.63, 3.8) is 0 Å². The highest BCUT2D eigenvalue weighted by Gasteiger charge is 2.01. The summed E-state index contributed by atoms with van der Waals surface area (Å²) in [5.74, 6) is 1.04. The van der Waals surface area contributed by atoms with Crippen LogP contribution < -0.4 is 4.74 Å². The minimum absolute atomic E-state index is 0.226. The molecule has 23 heavy (non-hydrogen) atoms. The molecule has 0 radical (unpaired) electrons. The van der Waals surface area contributed by atoms with Crippen molar-refractivity contribution >= 4 is 11.9 Å². The highest BCUT2D eigenvalue weighted by atomic mass is 16.5. The summed E-state index contributed by atoms with van der Waals surface area (Å²) in [5, 5.41) is 9.27. The average molecular weight is 304 g/mol. The number of rotatable bonds is 4. The zero-order chi connectivity index (χ0) is 16.1. The van der Waals surface area contributed by atoms with Gasteiger partial charge in [0.1, 0.15) is 11.5 Å². The predicted octanol–water partition coefficient (Wildman–Crippen LogP) is 4.21. The Morgan fingerprint density at radius 1 is 0.957 bits per heavy atom. The van der Waals surface area contributed by atoms with Crippen molar-refractivity contribution in [3.05, 3.63) is 72.4 Å². The first kappa shape index (κ1) is 14.8. The average Bonchev–Trinajstić information content (AvgIpc) is 2.61. The summed E-state index contributed by atoms with van der Waals surface area (Å²) in [4.78, 5) is 8.95. The van der Waals surface area contributed by atoms with Crippen LogP contribution in [0.2, 0.25) is 0 Å². The van der Waals surface area contributed by atoms with Crippen molar-refractivity contribution < 1.29 is 9.84 Å². The zero-order valence-corrected chi connectivity index (χ0v) is 12.7. The number of aliphatic imine (C=N–C) groups is 1. The number of ether oxygens (including phenoxy) is 1. The Morgan fingerprint density at radius 2 is 1.70 bits per heavy atom. The first-order valence-electron chi connectivity index (χ1n) is 7.19. The van der Waals surface area contributed by atoms with E-state index in [1.807, 2.05) is 42.5 Å². The van der Waals surface area contributed by atoms with E-state index in [0.29, 0.717) is 0 Å². The van der Waals surface area contributed by atoms with Crippen LogP contribution in [0.15, 0.2) is 71.7 Å². The number of aromatic hydroxyl groups is 1. The third kappa shape index (κ3) is 3.74. The maximum Gasteiger partial charge on any atom is 0.118 e. The normalized spacial score (nSPS) is 10.8. The van der Waals surface area contributed by atoms with Crippen LogP contribution in [0.3, 0.4) is 0 Å². The first-order chi connectivity index (χ1) is 11.2. The molecule has 0 aliphatic rings. The van der Waals surface area contributed by atoms with Crippen molar-refractivity contribution in [1.29, 1.82) is 0 Å². The molecular weight excluding hydrogens is 288 g/mol. The molecule has 0 saturated heterocycles. The zero-order valence-electron chi connectivity index (χ0n) is 12.7. The predicted molar refractivity (Wildman–Crippen MR) is 91.6 cm³/mol. The van der Waals surface area contributed by atoms with Crippen molar-refractivity contribution in [2.24, 2.45) is 4.99 Å². The second kappa shape index (κ2) is 6.75. The first-order valence-corrected chi connectivity index (χ1v) is 7.19. The lowest BCUT2D eigenvalue weighted by Gasteiger charge is -2.04. The largest absolute Gasteiger partial charge is 0.508 e. The quantitative estimate of drug-likeness (QED) is 0.734. The molecule has 1 heterocycles. The van der Waals surface area contributed by atoms with E-state index in [4.69, 9.17) is 4.74 Å². The van der Waals surface area contributed by atoms with Crippen LogP contribution in [0.5, 0.6) is 11.5 Å². The number of hydrogen-bond acceptors (Lipinski definition) is 4. The van der Waals surface area contributed by atoms with Gasteiger partial charge in [-0.3, -0.25) is 4.99 Å². The summed E-state index contributed by atoms with van der Waals surface area (Å²) >= 11 is 0. The van der Waals surface area contributed by atoms with Gasteiger partial charge in [0.05, 0.1) is 30.4 Å². The Kier molecular flexibility index (Phi) is 4.34. The van der Waals surface area contributed by atoms with Crippen LogP contribution in [-0.2, 0) is 0 Å². The molecule has 0 saturated carbocycles. The van der Waals surface area contributed by atoms with E-state index in [1.54, 1.807) is 37.6 Å². The maximum absolute atomic E-state index is 9.27. The summed E-state index contributed by atoms with van der Waals surface area (Å²) in [6, 6.07) is 20.3. The number of phenolic OH excluding ortho intramolecular Hbond substituents is 1. The fourth-order valence-electron chi connectivity index (χ4n) is 2.13. The Labute approximate surface area is 134 Å². The van der Waals surface area contributed by atoms with E-state index in [9.17, 15) is 5.11 Å². The van der Waals surface area contributed by atoms with Crippen LogP contribution in [-0.4, -0.2) is 23.4 Å². The van der Waals surface area contributed by atoms with Crippen molar-refractivity contribution in [2.45, 2.75) is 0 Å². The number of phenols is 1. The molecule has 3 aromatic rings. The molecule has 114 valence electrons. The van der Waals surface area contributed by atoms with Crippen molar-refractivity contribution in [1.82, 2.24) is 4.98 Å². The van der Waals surface area contributed by atoms with Gasteiger partial charge >= 0.3 is 0 Å². The fourth-order valence-corrected chi connectivity index (χ4v) is 2.13. The molecule has 1 aromatic heterocycles. The number of pyridine rings is 1. The Hall–Kier alpha value is -3.14. The Bertz CT molecular complexity index is 810. The van der Waals surface area contributed by atoms with Crippen molar-refractivity contribution in [3.8, 4) is 22.8 Å². The summed E-state index contributed by atoms with van der Waals surface area (Å²) in [7, 11) is 1.65. The maximum atomic E-state index is 9.27. The van der Waals surface area contributed by atoms with Gasteiger partial charge in [0.2, 0.25) is 0 Å². The molecule has 0 fully saturated rings. The third-order valence-corrected chi connectivity index (χ3v) is 3.35. The highest BCUT2D eigenvalue weighted by molar-refractivity contribution is 5.80. The molecular formula is C19H16N2O2. The lowest BCUT2D eigenvalue weighted by molar-refractivity contribution is 0.415. The van der Waals surface area contributed by atoms with Gasteiger partial charge in [-0.05, 0) is 60.7 Å². The Balaban J connectivity index is 1.82. The molecule has 0 unspecified atom stereocenters. The highest BCUT2D eigenvalue weighted by Crippen LogP contribution is 2.21. The molecule has 0 amide bonds. The smallest absolute Gasteiger partial charge is 0.118 e. The van der Waals surface area contributed by atoms with Gasteiger partial charge in [0.25, 0.3) is 0 Å². The summed E-state index contributed by atoms with van der Waals surface area (Å²) in [6.07, 6.45) is 1.71. The monoisotopic (exact) mass is 304 g/mol. The molecule has 0 atom stereocenters. The van der Waals surface area contributed by atoms with E-state index < -0.39 is 0 Å². The molecule has 0 aliphatic heterocycles. The van der Waals surface area contributed by atoms with Crippen LogP contribution in [0.4, 0.5) is 5.69 Å². The number of hydrogen-bond donors (Lipinski definition) is 1. The minimum atomic E-state index is 0.226. The SMILES string of the molecule is COc1ccc(-c2cccc(C=Nc3ccc(O)cc3)n2)cc1. The molecule has 2 aromatic carbocycles.